The molecule has 0 bridgehead atoms. The topological polar surface area (TPSA) is 34.8 Å². The second kappa shape index (κ2) is 6.75. The summed E-state index contributed by atoms with van der Waals surface area (Å²) in [5, 5.41) is 8.10. The van der Waals surface area contributed by atoms with Crippen LogP contribution in [0.15, 0.2) is 24.4 Å². The minimum absolute atomic E-state index is 0.374. The van der Waals surface area contributed by atoms with Crippen LogP contribution < -0.4 is 5.32 Å². The van der Waals surface area contributed by atoms with Crippen LogP contribution in [0.25, 0.3) is 0 Å². The van der Waals surface area contributed by atoms with Crippen LogP contribution in [0.3, 0.4) is 0 Å². The summed E-state index contributed by atoms with van der Waals surface area (Å²) in [5.41, 5.74) is 3.79. The molecule has 0 spiro atoms. The molecule has 1 unspecified atom stereocenters. The molecular weight excluding hydrogens is 248 g/mol. The zero-order chi connectivity index (χ0) is 14.5. The van der Waals surface area contributed by atoms with E-state index in [2.05, 4.69) is 71.8 Å². The van der Waals surface area contributed by atoms with Crippen LogP contribution >= 0.6 is 0 Å². The van der Waals surface area contributed by atoms with Gasteiger partial charge in [0.2, 0.25) is 0 Å². The maximum Gasteiger partial charge on any atom is 0.0642 e. The van der Waals surface area contributed by atoms with E-state index in [0.29, 0.717) is 6.04 Å². The summed E-state index contributed by atoms with van der Waals surface area (Å²) in [4.78, 5) is 0. The van der Waals surface area contributed by atoms with Gasteiger partial charge in [-0.3, -0.25) is 4.68 Å². The van der Waals surface area contributed by atoms with E-state index in [-0.39, 0.29) is 0 Å². The number of hydrogen-bond donors (Lipinski definition) is 1. The van der Waals surface area contributed by atoms with Gasteiger partial charge in [0.15, 0.2) is 0 Å². The van der Waals surface area contributed by atoms with Crippen LogP contribution in [0.1, 0.15) is 50.8 Å². The molecule has 2 rings (SSSR count). The average Bonchev–Trinajstić information content (AvgIpc) is 3.06. The van der Waals surface area contributed by atoms with Gasteiger partial charge in [-0.1, -0.05) is 13.8 Å². The zero-order valence-corrected chi connectivity index (χ0v) is 13.1. The Balaban J connectivity index is 2.22. The standard InChI is InChI=1S/C16H26N4/c1-5-14-11-15(20(7-3)18-14)12-19-10-8-9-16(19)13(4)17-6-2/h8-11,13,17H,5-7,12H2,1-4H3. The smallest absolute Gasteiger partial charge is 0.0642 e. The fraction of sp³-hybridized carbons (Fsp3) is 0.562. The van der Waals surface area contributed by atoms with Gasteiger partial charge in [0.05, 0.1) is 17.9 Å². The minimum atomic E-state index is 0.374. The van der Waals surface area contributed by atoms with Crippen molar-refractivity contribution in [3.63, 3.8) is 0 Å². The van der Waals surface area contributed by atoms with E-state index in [0.717, 1.165) is 26.1 Å². The Bertz CT molecular complexity index is 538. The third-order valence-electron chi connectivity index (χ3n) is 3.73. The molecule has 0 saturated heterocycles. The summed E-state index contributed by atoms with van der Waals surface area (Å²) >= 11 is 0. The Morgan fingerprint density at radius 3 is 2.75 bits per heavy atom. The Hall–Kier alpha value is -1.55. The number of hydrogen-bond acceptors (Lipinski definition) is 2. The highest BCUT2D eigenvalue weighted by atomic mass is 15.3. The number of nitrogens with zero attached hydrogens (tertiary/aromatic N) is 3. The maximum atomic E-state index is 4.63. The van der Waals surface area contributed by atoms with Crippen molar-refractivity contribution < 1.29 is 0 Å². The molecule has 2 aromatic rings. The van der Waals surface area contributed by atoms with Crippen LogP contribution in [-0.4, -0.2) is 20.9 Å². The highest BCUT2D eigenvalue weighted by molar-refractivity contribution is 5.16. The molecular formula is C16H26N4. The highest BCUT2D eigenvalue weighted by Crippen LogP contribution is 2.16. The Kier molecular flexibility index (Phi) is 5.01. The zero-order valence-electron chi connectivity index (χ0n) is 13.1. The monoisotopic (exact) mass is 274 g/mol. The third-order valence-corrected chi connectivity index (χ3v) is 3.73. The lowest BCUT2D eigenvalue weighted by Gasteiger charge is -2.16. The van der Waals surface area contributed by atoms with Gasteiger partial charge < -0.3 is 9.88 Å². The normalized spacial score (nSPS) is 12.8. The number of nitrogens with one attached hydrogen (secondary N) is 1. The lowest BCUT2D eigenvalue weighted by molar-refractivity contribution is 0.537. The van der Waals surface area contributed by atoms with E-state index in [1.54, 1.807) is 0 Å². The third kappa shape index (κ3) is 3.12. The van der Waals surface area contributed by atoms with Gasteiger partial charge in [0, 0.05) is 24.5 Å². The van der Waals surface area contributed by atoms with Crippen molar-refractivity contribution in [2.24, 2.45) is 0 Å². The van der Waals surface area contributed by atoms with Crippen molar-refractivity contribution in [2.75, 3.05) is 6.54 Å². The Morgan fingerprint density at radius 1 is 1.30 bits per heavy atom. The van der Waals surface area contributed by atoms with Crippen molar-refractivity contribution in [1.82, 2.24) is 19.7 Å². The molecule has 0 fully saturated rings. The fourth-order valence-corrected chi connectivity index (χ4v) is 2.64. The van der Waals surface area contributed by atoms with Gasteiger partial charge in [-0.25, -0.2) is 0 Å². The number of rotatable bonds is 7. The van der Waals surface area contributed by atoms with Crippen molar-refractivity contribution in [2.45, 2.75) is 53.2 Å². The first-order valence-corrected chi connectivity index (χ1v) is 7.63. The summed E-state index contributed by atoms with van der Waals surface area (Å²) in [5.74, 6) is 0. The predicted molar refractivity (Wildman–Crippen MR) is 82.9 cm³/mol. The molecule has 0 amide bonds. The molecule has 0 aliphatic rings. The van der Waals surface area contributed by atoms with Crippen molar-refractivity contribution in [3.8, 4) is 0 Å². The lowest BCUT2D eigenvalue weighted by Crippen LogP contribution is -2.21. The van der Waals surface area contributed by atoms with Gasteiger partial charge in [0.1, 0.15) is 0 Å². The highest BCUT2D eigenvalue weighted by Gasteiger charge is 2.11. The minimum Gasteiger partial charge on any atom is -0.344 e. The second-order valence-electron chi connectivity index (χ2n) is 5.14. The van der Waals surface area contributed by atoms with E-state index in [1.165, 1.54) is 17.1 Å². The molecule has 4 heteroatoms. The molecule has 20 heavy (non-hydrogen) atoms. The number of aryl methyl sites for hydroxylation is 2. The van der Waals surface area contributed by atoms with Crippen LogP contribution in [-0.2, 0) is 19.5 Å². The molecule has 0 aliphatic heterocycles. The molecule has 0 radical (unpaired) electrons. The molecule has 110 valence electrons. The maximum absolute atomic E-state index is 4.63. The molecule has 1 N–H and O–H groups in total. The molecule has 2 heterocycles. The van der Waals surface area contributed by atoms with Gasteiger partial charge >= 0.3 is 0 Å². The van der Waals surface area contributed by atoms with Crippen LogP contribution in [0, 0.1) is 0 Å². The van der Waals surface area contributed by atoms with Gasteiger partial charge in [-0.15, -0.1) is 0 Å². The average molecular weight is 274 g/mol. The van der Waals surface area contributed by atoms with Gasteiger partial charge in [-0.2, -0.15) is 5.10 Å². The van der Waals surface area contributed by atoms with Crippen molar-refractivity contribution in [3.05, 3.63) is 41.5 Å². The summed E-state index contributed by atoms with van der Waals surface area (Å²) < 4.78 is 4.43. The summed E-state index contributed by atoms with van der Waals surface area (Å²) in [6.07, 6.45) is 3.15. The Labute approximate surface area is 121 Å². The van der Waals surface area contributed by atoms with Crippen molar-refractivity contribution >= 4 is 0 Å². The molecule has 0 aliphatic carbocycles. The van der Waals surface area contributed by atoms with Crippen molar-refractivity contribution in [1.29, 1.82) is 0 Å². The molecule has 4 nitrogen and oxygen atoms in total. The molecule has 2 aromatic heterocycles. The lowest BCUT2D eigenvalue weighted by atomic mass is 10.2. The fourth-order valence-electron chi connectivity index (χ4n) is 2.64. The second-order valence-corrected chi connectivity index (χ2v) is 5.14. The van der Waals surface area contributed by atoms with Crippen LogP contribution in [0.2, 0.25) is 0 Å². The Morgan fingerprint density at radius 2 is 2.10 bits per heavy atom. The van der Waals surface area contributed by atoms with Gasteiger partial charge in [0.25, 0.3) is 0 Å². The first-order chi connectivity index (χ1) is 9.69. The summed E-state index contributed by atoms with van der Waals surface area (Å²) in [7, 11) is 0. The number of aromatic nitrogens is 3. The first kappa shape index (κ1) is 14.9. The van der Waals surface area contributed by atoms with E-state index in [4.69, 9.17) is 0 Å². The van der Waals surface area contributed by atoms with E-state index in [9.17, 15) is 0 Å². The van der Waals surface area contributed by atoms with E-state index in [1.807, 2.05) is 0 Å². The molecule has 0 aromatic carbocycles. The van der Waals surface area contributed by atoms with E-state index < -0.39 is 0 Å². The molecule has 1 atom stereocenters. The summed E-state index contributed by atoms with van der Waals surface area (Å²) in [6, 6.07) is 6.92. The van der Waals surface area contributed by atoms with Gasteiger partial charge in [-0.05, 0) is 45.0 Å². The SMILES string of the molecule is CCNC(C)c1cccn1Cc1cc(CC)nn1CC. The largest absolute Gasteiger partial charge is 0.344 e. The summed E-state index contributed by atoms with van der Waals surface area (Å²) in [6.45, 7) is 11.5. The first-order valence-electron chi connectivity index (χ1n) is 7.63. The van der Waals surface area contributed by atoms with Crippen LogP contribution in [0.5, 0.6) is 0 Å². The van der Waals surface area contributed by atoms with E-state index >= 15 is 0 Å². The molecule has 0 saturated carbocycles. The van der Waals surface area contributed by atoms with Crippen LogP contribution in [0.4, 0.5) is 0 Å². The predicted octanol–water partition coefficient (Wildman–Crippen LogP) is 2.99. The quantitative estimate of drug-likeness (QED) is 0.842.